The smallest absolute Gasteiger partial charge is 0.340 e. The highest BCUT2D eigenvalue weighted by molar-refractivity contribution is 7.89. The van der Waals surface area contributed by atoms with E-state index in [1.165, 1.54) is 19.2 Å². The molecule has 9 nitrogen and oxygen atoms in total. The molecule has 0 saturated carbocycles. The number of sulfonamides is 1. The zero-order valence-electron chi connectivity index (χ0n) is 15.6. The van der Waals surface area contributed by atoms with Gasteiger partial charge in [-0.2, -0.15) is 0 Å². The molecule has 1 aromatic carbocycles. The first-order valence-corrected chi connectivity index (χ1v) is 10.3. The van der Waals surface area contributed by atoms with Crippen molar-refractivity contribution in [2.24, 2.45) is 5.14 Å². The summed E-state index contributed by atoms with van der Waals surface area (Å²) in [7, 11) is -2.68. The van der Waals surface area contributed by atoms with Gasteiger partial charge in [0.1, 0.15) is 0 Å². The van der Waals surface area contributed by atoms with E-state index in [9.17, 15) is 18.0 Å². The van der Waals surface area contributed by atoms with Gasteiger partial charge in [-0.3, -0.25) is 9.69 Å². The molecule has 3 N–H and O–H groups in total. The van der Waals surface area contributed by atoms with E-state index < -0.39 is 16.0 Å². The third-order valence-electron chi connectivity index (χ3n) is 4.35. The molecule has 0 spiro atoms. The van der Waals surface area contributed by atoms with E-state index in [2.05, 4.69) is 5.32 Å². The maximum atomic E-state index is 12.1. The zero-order valence-corrected chi connectivity index (χ0v) is 16.4. The molecule has 1 amide bonds. The molecule has 27 heavy (non-hydrogen) atoms. The Kier molecular flexibility index (Phi) is 7.17. The second-order valence-corrected chi connectivity index (χ2v) is 7.89. The minimum absolute atomic E-state index is 0.00180. The highest BCUT2D eigenvalue weighted by atomic mass is 32.2. The van der Waals surface area contributed by atoms with Gasteiger partial charge in [0, 0.05) is 32.7 Å². The van der Waals surface area contributed by atoms with Gasteiger partial charge >= 0.3 is 5.97 Å². The summed E-state index contributed by atoms with van der Waals surface area (Å²) in [5, 5.41) is 8.01. The summed E-state index contributed by atoms with van der Waals surface area (Å²) in [4.78, 5) is 27.8. The van der Waals surface area contributed by atoms with Crippen LogP contribution in [0, 0.1) is 0 Å². The zero-order chi connectivity index (χ0) is 20.0. The largest absolute Gasteiger partial charge is 0.465 e. The first-order valence-electron chi connectivity index (χ1n) is 8.75. The van der Waals surface area contributed by atoms with Gasteiger partial charge in [0.05, 0.1) is 29.8 Å². The second kappa shape index (κ2) is 9.16. The van der Waals surface area contributed by atoms with Crippen LogP contribution < -0.4 is 15.4 Å². The summed E-state index contributed by atoms with van der Waals surface area (Å²) >= 11 is 0. The van der Waals surface area contributed by atoms with Gasteiger partial charge < -0.3 is 15.0 Å². The van der Waals surface area contributed by atoms with Crippen molar-refractivity contribution in [2.45, 2.75) is 18.2 Å². The Bertz CT molecular complexity index is 789. The quantitative estimate of drug-likeness (QED) is 0.608. The summed E-state index contributed by atoms with van der Waals surface area (Å²) in [6, 6.07) is 4.18. The molecule has 0 atom stereocenters. The van der Waals surface area contributed by atoms with Crippen LogP contribution in [0.5, 0.6) is 0 Å². The minimum atomic E-state index is -3.92. The van der Waals surface area contributed by atoms with Crippen LogP contribution in [0.3, 0.4) is 0 Å². The number of nitrogens with one attached hydrogen (secondary N) is 1. The van der Waals surface area contributed by atoms with Gasteiger partial charge in [0.2, 0.25) is 15.9 Å². The van der Waals surface area contributed by atoms with Crippen LogP contribution in [0.15, 0.2) is 23.1 Å². The number of amides is 1. The molecule has 1 saturated heterocycles. The molecule has 0 radical (unpaired) electrons. The maximum Gasteiger partial charge on any atom is 0.340 e. The van der Waals surface area contributed by atoms with Gasteiger partial charge in [0.25, 0.3) is 0 Å². The highest BCUT2D eigenvalue weighted by Gasteiger charge is 2.24. The molecule has 1 fully saturated rings. The Balaban J connectivity index is 2.11. The predicted molar refractivity (Wildman–Crippen MR) is 101 cm³/mol. The first kappa shape index (κ1) is 21.1. The van der Waals surface area contributed by atoms with Crippen molar-refractivity contribution in [2.75, 3.05) is 51.3 Å². The van der Waals surface area contributed by atoms with Crippen molar-refractivity contribution >= 4 is 27.6 Å². The highest BCUT2D eigenvalue weighted by Crippen LogP contribution is 2.25. The fourth-order valence-electron chi connectivity index (χ4n) is 2.91. The summed E-state index contributed by atoms with van der Waals surface area (Å²) in [6.45, 7) is 5.49. The minimum Gasteiger partial charge on any atom is -0.465 e. The summed E-state index contributed by atoms with van der Waals surface area (Å²) in [6.07, 6.45) is 0.893. The molecule has 0 unspecified atom stereocenters. The van der Waals surface area contributed by atoms with Crippen molar-refractivity contribution in [1.82, 2.24) is 10.2 Å². The van der Waals surface area contributed by atoms with Crippen molar-refractivity contribution in [3.8, 4) is 0 Å². The van der Waals surface area contributed by atoms with E-state index in [4.69, 9.17) is 9.88 Å². The predicted octanol–water partition coefficient (Wildman–Crippen LogP) is -0.231. The van der Waals surface area contributed by atoms with Gasteiger partial charge in [-0.05, 0) is 24.6 Å². The van der Waals surface area contributed by atoms with Crippen LogP contribution >= 0.6 is 0 Å². The standard InChI is InChI=1S/C17H26N4O5S/c1-3-6-19-16(22)12-20-7-9-21(10-8-20)15-5-4-13(27(18,24)25)11-14(15)17(23)26-2/h4-5,11H,3,6-10,12H2,1-2H3,(H,19,22)(H2,18,24,25). The monoisotopic (exact) mass is 398 g/mol. The molecule has 10 heteroatoms. The van der Waals surface area contributed by atoms with Crippen LogP contribution in [0.4, 0.5) is 5.69 Å². The van der Waals surface area contributed by atoms with Crippen molar-refractivity contribution in [1.29, 1.82) is 0 Å². The summed E-state index contributed by atoms with van der Waals surface area (Å²) in [5.74, 6) is -0.630. The molecular weight excluding hydrogens is 372 g/mol. The molecule has 1 heterocycles. The lowest BCUT2D eigenvalue weighted by Crippen LogP contribution is -2.49. The first-order chi connectivity index (χ1) is 12.8. The number of rotatable bonds is 7. The molecule has 0 aromatic heterocycles. The van der Waals surface area contributed by atoms with Gasteiger partial charge in [-0.15, -0.1) is 0 Å². The Morgan fingerprint density at radius 2 is 1.89 bits per heavy atom. The lowest BCUT2D eigenvalue weighted by Gasteiger charge is -2.36. The van der Waals surface area contributed by atoms with Gasteiger partial charge in [0.15, 0.2) is 0 Å². The molecule has 1 aliphatic rings. The molecule has 1 aromatic rings. The van der Waals surface area contributed by atoms with E-state index >= 15 is 0 Å². The van der Waals surface area contributed by atoms with Gasteiger partial charge in [-0.1, -0.05) is 6.92 Å². The number of hydrogen-bond donors (Lipinski definition) is 2. The third kappa shape index (κ3) is 5.65. The van der Waals surface area contributed by atoms with E-state index in [-0.39, 0.29) is 16.4 Å². The van der Waals surface area contributed by atoms with Crippen LogP contribution in [0.2, 0.25) is 0 Å². The van der Waals surface area contributed by atoms with E-state index in [0.29, 0.717) is 45.0 Å². The van der Waals surface area contributed by atoms with Crippen LogP contribution in [-0.4, -0.2) is 71.6 Å². The average Bonchev–Trinajstić information content (AvgIpc) is 2.65. The number of hydrogen-bond acceptors (Lipinski definition) is 7. The number of carbonyl (C=O) groups excluding carboxylic acids is 2. The van der Waals surface area contributed by atoms with Crippen LogP contribution in [0.1, 0.15) is 23.7 Å². The fourth-order valence-corrected chi connectivity index (χ4v) is 3.45. The Morgan fingerprint density at radius 1 is 1.22 bits per heavy atom. The number of benzene rings is 1. The number of nitrogens with two attached hydrogens (primary N) is 1. The normalized spacial score (nSPS) is 15.4. The van der Waals surface area contributed by atoms with Crippen molar-refractivity contribution in [3.05, 3.63) is 23.8 Å². The Morgan fingerprint density at radius 3 is 2.44 bits per heavy atom. The summed E-state index contributed by atoms with van der Waals surface area (Å²) < 4.78 is 27.9. The Labute approximate surface area is 159 Å². The SMILES string of the molecule is CCCNC(=O)CN1CCN(c2ccc(S(N)(=O)=O)cc2C(=O)OC)CC1. The fraction of sp³-hybridized carbons (Fsp3) is 0.529. The maximum absolute atomic E-state index is 12.1. The molecule has 1 aliphatic heterocycles. The molecule has 0 aliphatic carbocycles. The number of piperazine rings is 1. The van der Waals surface area contributed by atoms with E-state index in [1.54, 1.807) is 6.07 Å². The van der Waals surface area contributed by atoms with Crippen LogP contribution in [-0.2, 0) is 19.6 Å². The lowest BCUT2D eigenvalue weighted by atomic mass is 10.1. The third-order valence-corrected chi connectivity index (χ3v) is 5.27. The van der Waals surface area contributed by atoms with Crippen molar-refractivity contribution in [3.63, 3.8) is 0 Å². The molecular formula is C17H26N4O5S. The van der Waals surface area contributed by atoms with Crippen LogP contribution in [0.25, 0.3) is 0 Å². The number of esters is 1. The Hall–Kier alpha value is -2.17. The molecule has 0 bridgehead atoms. The number of ether oxygens (including phenoxy) is 1. The van der Waals surface area contributed by atoms with Gasteiger partial charge in [-0.25, -0.2) is 18.4 Å². The number of carbonyl (C=O) groups is 2. The summed E-state index contributed by atoms with van der Waals surface area (Å²) in [5.41, 5.74) is 0.738. The van der Waals surface area contributed by atoms with E-state index in [0.717, 1.165) is 6.42 Å². The second-order valence-electron chi connectivity index (χ2n) is 6.33. The molecule has 150 valence electrons. The molecule has 2 rings (SSSR count). The lowest BCUT2D eigenvalue weighted by molar-refractivity contribution is -0.122. The van der Waals surface area contributed by atoms with Crippen molar-refractivity contribution < 1.29 is 22.7 Å². The number of primary sulfonamides is 1. The number of methoxy groups -OCH3 is 1. The topological polar surface area (TPSA) is 122 Å². The number of nitrogens with zero attached hydrogens (tertiary/aromatic N) is 2. The van der Waals surface area contributed by atoms with E-state index in [1.807, 2.05) is 16.7 Å². The average molecular weight is 398 g/mol. The number of anilines is 1.